The van der Waals surface area contributed by atoms with E-state index in [9.17, 15) is 0 Å². The second kappa shape index (κ2) is 5.04. The molecule has 1 aliphatic heterocycles. The van der Waals surface area contributed by atoms with Gasteiger partial charge in [0.25, 0.3) is 0 Å². The van der Waals surface area contributed by atoms with Gasteiger partial charge < -0.3 is 5.73 Å². The zero-order chi connectivity index (χ0) is 12.5. The number of thioether (sulfide) groups is 2. The van der Waals surface area contributed by atoms with Crippen LogP contribution in [0.15, 0.2) is 34.2 Å². The van der Waals surface area contributed by atoms with Crippen LogP contribution >= 0.6 is 23.5 Å². The van der Waals surface area contributed by atoms with Gasteiger partial charge in [-0.25, -0.2) is 4.99 Å². The summed E-state index contributed by atoms with van der Waals surface area (Å²) in [4.78, 5) is 6.06. The first-order valence-corrected chi connectivity index (χ1v) is 7.46. The second-order valence-electron chi connectivity index (χ2n) is 4.66. The summed E-state index contributed by atoms with van der Waals surface area (Å²) in [6, 6.07) is 8.32. The molecule has 1 aromatic rings. The summed E-state index contributed by atoms with van der Waals surface area (Å²) in [6.07, 6.45) is 0. The molecule has 2 N–H and O–H groups in total. The average molecular weight is 266 g/mol. The molecular weight excluding hydrogens is 248 g/mol. The molecule has 92 valence electrons. The SMILES string of the molecule is CC(CN)SC1=Nc2ccccc2SC1(C)C. The van der Waals surface area contributed by atoms with Gasteiger partial charge in [0.05, 0.1) is 15.5 Å². The van der Waals surface area contributed by atoms with Gasteiger partial charge in [0, 0.05) is 16.7 Å². The third-order valence-electron chi connectivity index (χ3n) is 2.61. The van der Waals surface area contributed by atoms with Gasteiger partial charge in [-0.1, -0.05) is 19.1 Å². The van der Waals surface area contributed by atoms with E-state index in [2.05, 4.69) is 39.0 Å². The Hall–Kier alpha value is -0.450. The summed E-state index contributed by atoms with van der Waals surface area (Å²) < 4.78 is 0.0441. The maximum atomic E-state index is 5.69. The van der Waals surface area contributed by atoms with Gasteiger partial charge in [0.1, 0.15) is 0 Å². The molecule has 0 saturated carbocycles. The van der Waals surface area contributed by atoms with Crippen LogP contribution in [0, 0.1) is 0 Å². The van der Waals surface area contributed by atoms with Crippen LogP contribution in [0.1, 0.15) is 20.8 Å². The Morgan fingerprint density at radius 3 is 2.82 bits per heavy atom. The number of nitrogens with zero attached hydrogens (tertiary/aromatic N) is 1. The van der Waals surface area contributed by atoms with Crippen molar-refractivity contribution >= 4 is 34.3 Å². The Bertz CT molecular complexity index is 441. The summed E-state index contributed by atoms with van der Waals surface area (Å²) >= 11 is 3.68. The van der Waals surface area contributed by atoms with Crippen LogP contribution < -0.4 is 5.73 Å². The lowest BCUT2D eigenvalue weighted by Crippen LogP contribution is -2.30. The third-order valence-corrected chi connectivity index (χ3v) is 5.43. The standard InChI is InChI=1S/C13H18N2S2/c1-9(8-14)16-12-13(2,3)17-11-7-5-4-6-10(11)15-12/h4-7,9H,8,14H2,1-3H3. The quantitative estimate of drug-likeness (QED) is 0.887. The van der Waals surface area contributed by atoms with Crippen LogP contribution in [0.25, 0.3) is 0 Å². The van der Waals surface area contributed by atoms with Crippen molar-refractivity contribution in [3.05, 3.63) is 24.3 Å². The first-order chi connectivity index (χ1) is 8.03. The van der Waals surface area contributed by atoms with E-state index in [1.54, 1.807) is 11.8 Å². The van der Waals surface area contributed by atoms with E-state index in [1.807, 2.05) is 17.8 Å². The Morgan fingerprint density at radius 2 is 2.12 bits per heavy atom. The largest absolute Gasteiger partial charge is 0.329 e. The highest BCUT2D eigenvalue weighted by molar-refractivity contribution is 8.17. The maximum absolute atomic E-state index is 5.69. The summed E-state index contributed by atoms with van der Waals surface area (Å²) in [7, 11) is 0. The number of hydrogen-bond acceptors (Lipinski definition) is 4. The molecule has 0 aromatic heterocycles. The summed E-state index contributed by atoms with van der Waals surface area (Å²) in [6.45, 7) is 7.28. The Labute approximate surface area is 111 Å². The molecule has 1 atom stereocenters. The molecule has 1 aromatic carbocycles. The fourth-order valence-corrected chi connectivity index (χ4v) is 3.83. The molecular formula is C13H18N2S2. The van der Waals surface area contributed by atoms with E-state index in [-0.39, 0.29) is 4.75 Å². The van der Waals surface area contributed by atoms with E-state index in [0.717, 1.165) is 5.69 Å². The van der Waals surface area contributed by atoms with Crippen molar-refractivity contribution in [2.24, 2.45) is 10.7 Å². The van der Waals surface area contributed by atoms with Crippen molar-refractivity contribution in [1.82, 2.24) is 0 Å². The van der Waals surface area contributed by atoms with Crippen LogP contribution in [0.4, 0.5) is 5.69 Å². The second-order valence-corrected chi connectivity index (χ2v) is 7.75. The molecule has 0 aliphatic carbocycles. The van der Waals surface area contributed by atoms with Gasteiger partial charge in [0.15, 0.2) is 0 Å². The van der Waals surface area contributed by atoms with E-state index in [1.165, 1.54) is 9.94 Å². The van der Waals surface area contributed by atoms with E-state index in [4.69, 9.17) is 10.7 Å². The van der Waals surface area contributed by atoms with Crippen LogP contribution in [0.2, 0.25) is 0 Å². The zero-order valence-corrected chi connectivity index (χ0v) is 12.1. The molecule has 0 bridgehead atoms. The van der Waals surface area contributed by atoms with Gasteiger partial charge in [0.2, 0.25) is 0 Å². The molecule has 0 saturated heterocycles. The van der Waals surface area contributed by atoms with Gasteiger partial charge >= 0.3 is 0 Å². The smallest absolute Gasteiger partial charge is 0.0901 e. The molecule has 1 aliphatic rings. The van der Waals surface area contributed by atoms with E-state index < -0.39 is 0 Å². The van der Waals surface area contributed by atoms with Crippen LogP contribution in [-0.2, 0) is 0 Å². The lowest BCUT2D eigenvalue weighted by molar-refractivity contribution is 0.938. The number of rotatable bonds is 2. The third kappa shape index (κ3) is 2.87. The monoisotopic (exact) mass is 266 g/mol. The lowest BCUT2D eigenvalue weighted by Gasteiger charge is -2.31. The minimum absolute atomic E-state index is 0.0441. The summed E-state index contributed by atoms with van der Waals surface area (Å²) in [5, 5.41) is 1.60. The van der Waals surface area contributed by atoms with Crippen molar-refractivity contribution in [2.45, 2.75) is 35.7 Å². The lowest BCUT2D eigenvalue weighted by atomic mass is 10.2. The van der Waals surface area contributed by atoms with E-state index >= 15 is 0 Å². The molecule has 1 heterocycles. The van der Waals surface area contributed by atoms with Crippen molar-refractivity contribution in [3.8, 4) is 0 Å². The first-order valence-electron chi connectivity index (χ1n) is 5.77. The molecule has 2 nitrogen and oxygen atoms in total. The fourth-order valence-electron chi connectivity index (χ4n) is 1.61. The Kier molecular flexibility index (Phi) is 3.85. The predicted octanol–water partition coefficient (Wildman–Crippen LogP) is 3.68. The maximum Gasteiger partial charge on any atom is 0.0901 e. The number of fused-ring (bicyclic) bond motifs is 1. The number of aliphatic imine (C=N–C) groups is 1. The molecule has 17 heavy (non-hydrogen) atoms. The molecule has 4 heteroatoms. The van der Waals surface area contributed by atoms with Gasteiger partial charge in [-0.2, -0.15) is 0 Å². The molecule has 2 rings (SSSR count). The fraction of sp³-hybridized carbons (Fsp3) is 0.462. The molecule has 0 spiro atoms. The molecule has 0 fully saturated rings. The number of para-hydroxylation sites is 1. The predicted molar refractivity (Wildman–Crippen MR) is 79.6 cm³/mol. The summed E-state index contributed by atoms with van der Waals surface area (Å²) in [5.74, 6) is 0. The molecule has 0 radical (unpaired) electrons. The van der Waals surface area contributed by atoms with Crippen LogP contribution in [-0.4, -0.2) is 21.6 Å². The van der Waals surface area contributed by atoms with Crippen LogP contribution in [0.3, 0.4) is 0 Å². The minimum atomic E-state index is 0.0441. The van der Waals surface area contributed by atoms with Gasteiger partial charge in [-0.3, -0.25) is 0 Å². The molecule has 1 unspecified atom stereocenters. The first kappa shape index (κ1) is 13.0. The van der Waals surface area contributed by atoms with E-state index in [0.29, 0.717) is 11.8 Å². The van der Waals surface area contributed by atoms with Crippen molar-refractivity contribution in [1.29, 1.82) is 0 Å². The normalized spacial score (nSPS) is 19.4. The van der Waals surface area contributed by atoms with Gasteiger partial charge in [-0.05, 0) is 26.0 Å². The van der Waals surface area contributed by atoms with Crippen molar-refractivity contribution in [3.63, 3.8) is 0 Å². The molecule has 0 amide bonds. The topological polar surface area (TPSA) is 38.4 Å². The Morgan fingerprint density at radius 1 is 1.41 bits per heavy atom. The number of nitrogens with two attached hydrogens (primary N) is 1. The van der Waals surface area contributed by atoms with Crippen LogP contribution in [0.5, 0.6) is 0 Å². The van der Waals surface area contributed by atoms with Crippen molar-refractivity contribution < 1.29 is 0 Å². The number of benzene rings is 1. The number of hydrogen-bond donors (Lipinski definition) is 1. The minimum Gasteiger partial charge on any atom is -0.329 e. The average Bonchev–Trinajstić information content (AvgIpc) is 2.29. The highest BCUT2D eigenvalue weighted by Crippen LogP contribution is 2.46. The Balaban J connectivity index is 2.33. The van der Waals surface area contributed by atoms with Crippen molar-refractivity contribution in [2.75, 3.05) is 6.54 Å². The van der Waals surface area contributed by atoms with Gasteiger partial charge in [-0.15, -0.1) is 23.5 Å². The zero-order valence-electron chi connectivity index (χ0n) is 10.4. The highest BCUT2D eigenvalue weighted by Gasteiger charge is 2.32. The summed E-state index contributed by atoms with van der Waals surface area (Å²) in [5.41, 5.74) is 6.78. The highest BCUT2D eigenvalue weighted by atomic mass is 32.2.